The van der Waals surface area contributed by atoms with Crippen molar-refractivity contribution in [2.24, 2.45) is 0 Å². The van der Waals surface area contributed by atoms with Gasteiger partial charge in [0.1, 0.15) is 6.33 Å². The minimum absolute atomic E-state index is 0.0809. The maximum absolute atomic E-state index is 3.90. The van der Waals surface area contributed by atoms with Crippen molar-refractivity contribution in [1.82, 2.24) is 20.1 Å². The quantitative estimate of drug-likeness (QED) is 0.763. The summed E-state index contributed by atoms with van der Waals surface area (Å²) in [7, 11) is 4.10. The zero-order chi connectivity index (χ0) is 10.6. The van der Waals surface area contributed by atoms with E-state index in [9.17, 15) is 0 Å². The Labute approximate surface area is 84.6 Å². The largest absolute Gasteiger partial charge is 0.365 e. The van der Waals surface area contributed by atoms with E-state index in [0.29, 0.717) is 5.82 Å². The molecule has 0 saturated carbocycles. The highest BCUT2D eigenvalue weighted by Crippen LogP contribution is 2.10. The van der Waals surface area contributed by atoms with Gasteiger partial charge in [-0.25, -0.2) is 4.98 Å². The SMILES string of the molecule is CN(C)C(C)(C)CNc1cncnn1. The maximum atomic E-state index is 3.90. The van der Waals surface area contributed by atoms with Crippen LogP contribution >= 0.6 is 0 Å². The third-order valence-electron chi connectivity index (χ3n) is 2.39. The number of hydrogen-bond acceptors (Lipinski definition) is 5. The monoisotopic (exact) mass is 195 g/mol. The van der Waals surface area contributed by atoms with Gasteiger partial charge in [0, 0.05) is 12.1 Å². The summed E-state index contributed by atoms with van der Waals surface area (Å²) >= 11 is 0. The molecule has 0 aromatic carbocycles. The standard InChI is InChI=1S/C9H17N5/c1-9(2,14(3)4)6-11-8-5-10-7-12-13-8/h5,7H,6H2,1-4H3,(H,11,13). The topological polar surface area (TPSA) is 53.9 Å². The van der Waals surface area contributed by atoms with E-state index in [4.69, 9.17) is 0 Å². The number of nitrogens with zero attached hydrogens (tertiary/aromatic N) is 4. The van der Waals surface area contributed by atoms with E-state index in [2.05, 4.69) is 53.3 Å². The molecule has 0 spiro atoms. The molecule has 0 saturated heterocycles. The smallest absolute Gasteiger partial charge is 0.167 e. The van der Waals surface area contributed by atoms with E-state index in [1.165, 1.54) is 6.33 Å². The number of hydrogen-bond donors (Lipinski definition) is 1. The van der Waals surface area contributed by atoms with Crippen molar-refractivity contribution in [3.05, 3.63) is 12.5 Å². The molecule has 1 aromatic rings. The zero-order valence-corrected chi connectivity index (χ0v) is 9.15. The van der Waals surface area contributed by atoms with E-state index in [1.54, 1.807) is 6.20 Å². The molecule has 1 N–H and O–H groups in total. The van der Waals surface area contributed by atoms with Gasteiger partial charge in [-0.2, -0.15) is 0 Å². The van der Waals surface area contributed by atoms with Crippen LogP contribution in [-0.4, -0.2) is 46.3 Å². The highest BCUT2D eigenvalue weighted by atomic mass is 15.2. The predicted molar refractivity (Wildman–Crippen MR) is 56.1 cm³/mol. The first-order valence-corrected chi connectivity index (χ1v) is 4.56. The van der Waals surface area contributed by atoms with Gasteiger partial charge >= 0.3 is 0 Å². The maximum Gasteiger partial charge on any atom is 0.167 e. The molecule has 5 nitrogen and oxygen atoms in total. The van der Waals surface area contributed by atoms with Gasteiger partial charge in [0.05, 0.1) is 6.20 Å². The molecular weight excluding hydrogens is 178 g/mol. The fraction of sp³-hybridized carbons (Fsp3) is 0.667. The van der Waals surface area contributed by atoms with Gasteiger partial charge in [0.15, 0.2) is 5.82 Å². The Morgan fingerprint density at radius 1 is 1.43 bits per heavy atom. The van der Waals surface area contributed by atoms with Crippen LogP contribution in [0, 0.1) is 0 Å². The molecule has 0 radical (unpaired) electrons. The molecule has 0 bridgehead atoms. The summed E-state index contributed by atoms with van der Waals surface area (Å²) in [5.41, 5.74) is 0.0809. The fourth-order valence-electron chi connectivity index (χ4n) is 0.794. The van der Waals surface area contributed by atoms with E-state index in [1.807, 2.05) is 0 Å². The van der Waals surface area contributed by atoms with E-state index < -0.39 is 0 Å². The first-order chi connectivity index (χ1) is 6.52. The molecular formula is C9H17N5. The number of nitrogens with one attached hydrogen (secondary N) is 1. The summed E-state index contributed by atoms with van der Waals surface area (Å²) in [5.74, 6) is 0.711. The van der Waals surface area contributed by atoms with Crippen LogP contribution in [-0.2, 0) is 0 Å². The molecule has 0 unspecified atom stereocenters. The fourth-order valence-corrected chi connectivity index (χ4v) is 0.794. The number of anilines is 1. The lowest BCUT2D eigenvalue weighted by atomic mass is 10.0. The van der Waals surface area contributed by atoms with Crippen molar-refractivity contribution in [1.29, 1.82) is 0 Å². The van der Waals surface area contributed by atoms with Crippen LogP contribution in [0.15, 0.2) is 12.5 Å². The van der Waals surface area contributed by atoms with Crippen LogP contribution in [0.25, 0.3) is 0 Å². The number of aromatic nitrogens is 3. The summed E-state index contributed by atoms with van der Waals surface area (Å²) < 4.78 is 0. The summed E-state index contributed by atoms with van der Waals surface area (Å²) in [6.07, 6.45) is 3.08. The first kappa shape index (κ1) is 10.8. The van der Waals surface area contributed by atoms with Crippen molar-refractivity contribution in [2.75, 3.05) is 26.0 Å². The molecule has 1 aromatic heterocycles. The van der Waals surface area contributed by atoms with Crippen LogP contribution in [0.5, 0.6) is 0 Å². The van der Waals surface area contributed by atoms with Crippen LogP contribution < -0.4 is 5.32 Å². The molecule has 0 aliphatic carbocycles. The Bertz CT molecular complexity index is 270. The summed E-state index contributed by atoms with van der Waals surface area (Å²) in [4.78, 5) is 6.04. The molecule has 5 heteroatoms. The van der Waals surface area contributed by atoms with Gasteiger partial charge in [-0.1, -0.05) is 0 Å². The van der Waals surface area contributed by atoms with E-state index in [-0.39, 0.29) is 5.54 Å². The minimum Gasteiger partial charge on any atom is -0.365 e. The van der Waals surface area contributed by atoms with Crippen LogP contribution in [0.2, 0.25) is 0 Å². The first-order valence-electron chi connectivity index (χ1n) is 4.56. The Kier molecular flexibility index (Phi) is 3.35. The van der Waals surface area contributed by atoms with Crippen LogP contribution in [0.1, 0.15) is 13.8 Å². The lowest BCUT2D eigenvalue weighted by molar-refractivity contribution is 0.210. The zero-order valence-electron chi connectivity index (χ0n) is 9.15. The lowest BCUT2D eigenvalue weighted by Gasteiger charge is -2.32. The second-order valence-electron chi connectivity index (χ2n) is 4.05. The normalized spacial score (nSPS) is 11.8. The Hall–Kier alpha value is -1.23. The van der Waals surface area contributed by atoms with Crippen molar-refractivity contribution in [2.45, 2.75) is 19.4 Å². The average Bonchev–Trinajstić information content (AvgIpc) is 2.16. The minimum atomic E-state index is 0.0809. The molecule has 0 atom stereocenters. The van der Waals surface area contributed by atoms with Crippen molar-refractivity contribution in [3.8, 4) is 0 Å². The molecule has 14 heavy (non-hydrogen) atoms. The molecule has 0 aliphatic heterocycles. The highest BCUT2D eigenvalue weighted by Gasteiger charge is 2.19. The Morgan fingerprint density at radius 2 is 2.14 bits per heavy atom. The third kappa shape index (κ3) is 2.92. The van der Waals surface area contributed by atoms with Crippen molar-refractivity contribution < 1.29 is 0 Å². The summed E-state index contributed by atoms with van der Waals surface area (Å²) in [6.45, 7) is 5.12. The van der Waals surface area contributed by atoms with Gasteiger partial charge in [-0.3, -0.25) is 0 Å². The molecule has 78 valence electrons. The second kappa shape index (κ2) is 4.32. The Morgan fingerprint density at radius 3 is 2.64 bits per heavy atom. The molecule has 0 amide bonds. The average molecular weight is 195 g/mol. The summed E-state index contributed by atoms with van der Waals surface area (Å²) in [5, 5.41) is 10.8. The van der Waals surface area contributed by atoms with Crippen LogP contribution in [0.3, 0.4) is 0 Å². The second-order valence-corrected chi connectivity index (χ2v) is 4.05. The van der Waals surface area contributed by atoms with Gasteiger partial charge < -0.3 is 10.2 Å². The molecule has 1 rings (SSSR count). The molecule has 0 fully saturated rings. The predicted octanol–water partition coefficient (Wildman–Crippen LogP) is 0.624. The van der Waals surface area contributed by atoms with Crippen LogP contribution in [0.4, 0.5) is 5.82 Å². The van der Waals surface area contributed by atoms with E-state index in [0.717, 1.165) is 6.54 Å². The van der Waals surface area contributed by atoms with Gasteiger partial charge in [-0.15, -0.1) is 10.2 Å². The highest BCUT2D eigenvalue weighted by molar-refractivity contribution is 5.29. The summed E-state index contributed by atoms with van der Waals surface area (Å²) in [6, 6.07) is 0. The van der Waals surface area contributed by atoms with Crippen molar-refractivity contribution in [3.63, 3.8) is 0 Å². The van der Waals surface area contributed by atoms with Gasteiger partial charge in [0.2, 0.25) is 0 Å². The van der Waals surface area contributed by atoms with E-state index >= 15 is 0 Å². The molecule has 0 aliphatic rings. The Balaban J connectivity index is 2.49. The van der Waals surface area contributed by atoms with Gasteiger partial charge in [-0.05, 0) is 27.9 Å². The number of likely N-dealkylation sites (N-methyl/N-ethyl adjacent to an activating group) is 1. The van der Waals surface area contributed by atoms with Crippen molar-refractivity contribution >= 4 is 5.82 Å². The number of rotatable bonds is 4. The lowest BCUT2D eigenvalue weighted by Crippen LogP contribution is -2.44. The van der Waals surface area contributed by atoms with Gasteiger partial charge in [0.25, 0.3) is 0 Å². The molecule has 1 heterocycles. The third-order valence-corrected chi connectivity index (χ3v) is 2.39.